The third kappa shape index (κ3) is 2.50. The Balaban J connectivity index is 3.02. The van der Waals surface area contributed by atoms with E-state index in [2.05, 4.69) is 36.8 Å². The smallest absolute Gasteiger partial charge is 0.120 e. The van der Waals surface area contributed by atoms with E-state index in [-0.39, 0.29) is 6.04 Å². The average Bonchev–Trinajstić information content (AvgIpc) is 2.10. The number of rotatable bonds is 2. The molecule has 0 aliphatic heterocycles. The van der Waals surface area contributed by atoms with Crippen LogP contribution in [-0.4, -0.2) is 4.98 Å². The van der Waals surface area contributed by atoms with Crippen molar-refractivity contribution in [3.8, 4) is 6.07 Å². The molecule has 0 aliphatic carbocycles. The van der Waals surface area contributed by atoms with Crippen LogP contribution in [0.15, 0.2) is 21.3 Å². The number of nitrogens with two attached hydrogens (primary N) is 1. The Morgan fingerprint density at radius 1 is 1.62 bits per heavy atom. The Bertz CT molecular complexity index is 346. The second-order valence-electron chi connectivity index (χ2n) is 2.47. The summed E-state index contributed by atoms with van der Waals surface area (Å²) in [7, 11) is 0. The molecule has 0 aromatic carbocycles. The van der Waals surface area contributed by atoms with Crippen molar-refractivity contribution in [1.29, 1.82) is 5.26 Å². The fraction of sp³-hybridized carbons (Fsp3) is 0.250. The largest absolute Gasteiger partial charge is 0.323 e. The number of hydrogen-bond acceptors (Lipinski definition) is 3. The zero-order chi connectivity index (χ0) is 9.84. The van der Waals surface area contributed by atoms with E-state index in [1.807, 2.05) is 6.07 Å². The molecule has 0 fully saturated rings. The molecule has 2 N–H and O–H groups in total. The monoisotopic (exact) mass is 303 g/mol. The number of pyridine rings is 1. The highest BCUT2D eigenvalue weighted by Gasteiger charge is 2.11. The van der Waals surface area contributed by atoms with E-state index in [0.29, 0.717) is 11.0 Å². The molecule has 0 amide bonds. The van der Waals surface area contributed by atoms with Gasteiger partial charge in [0.2, 0.25) is 0 Å². The maximum Gasteiger partial charge on any atom is 0.120 e. The topological polar surface area (TPSA) is 62.7 Å². The van der Waals surface area contributed by atoms with Crippen molar-refractivity contribution in [3.63, 3.8) is 0 Å². The van der Waals surface area contributed by atoms with E-state index in [1.165, 1.54) is 0 Å². The lowest BCUT2D eigenvalue weighted by atomic mass is 10.1. The molecule has 1 aromatic rings. The minimum Gasteiger partial charge on any atom is -0.323 e. The Kier molecular flexibility index (Phi) is 3.85. The van der Waals surface area contributed by atoms with Gasteiger partial charge in [-0.1, -0.05) is 0 Å². The molecule has 0 unspecified atom stereocenters. The van der Waals surface area contributed by atoms with Crippen LogP contribution in [0.3, 0.4) is 0 Å². The highest BCUT2D eigenvalue weighted by Crippen LogP contribution is 2.28. The van der Waals surface area contributed by atoms with Gasteiger partial charge in [0.1, 0.15) is 4.60 Å². The van der Waals surface area contributed by atoms with Gasteiger partial charge in [0.15, 0.2) is 0 Å². The number of nitriles is 1. The molecule has 1 aromatic heterocycles. The molecule has 3 nitrogen and oxygen atoms in total. The molecule has 0 spiro atoms. The lowest BCUT2D eigenvalue weighted by Crippen LogP contribution is -2.10. The molecule has 0 aliphatic rings. The summed E-state index contributed by atoms with van der Waals surface area (Å²) in [4.78, 5) is 4.01. The Hall–Kier alpha value is -0.440. The van der Waals surface area contributed by atoms with Crippen molar-refractivity contribution in [2.75, 3.05) is 0 Å². The zero-order valence-corrected chi connectivity index (χ0v) is 9.84. The summed E-state index contributed by atoms with van der Waals surface area (Å²) in [5.74, 6) is 0. The van der Waals surface area contributed by atoms with Crippen molar-refractivity contribution >= 4 is 31.9 Å². The molecular weight excluding hydrogens is 298 g/mol. The van der Waals surface area contributed by atoms with Crippen molar-refractivity contribution in [2.24, 2.45) is 5.73 Å². The van der Waals surface area contributed by atoms with Gasteiger partial charge in [-0.25, -0.2) is 4.98 Å². The summed E-state index contributed by atoms with van der Waals surface area (Å²) in [6.07, 6.45) is 1.95. The fourth-order valence-corrected chi connectivity index (χ4v) is 1.80. The molecule has 5 heteroatoms. The molecule has 1 atom stereocenters. The van der Waals surface area contributed by atoms with Crippen LogP contribution in [0.25, 0.3) is 0 Å². The number of halogens is 2. The maximum atomic E-state index is 8.49. The van der Waals surface area contributed by atoms with Crippen molar-refractivity contribution in [1.82, 2.24) is 4.98 Å². The molecule has 0 bridgehead atoms. The summed E-state index contributed by atoms with van der Waals surface area (Å²) in [5, 5.41) is 8.49. The lowest BCUT2D eigenvalue weighted by molar-refractivity contribution is 0.741. The van der Waals surface area contributed by atoms with Crippen LogP contribution < -0.4 is 5.73 Å². The minimum absolute atomic E-state index is 0.265. The van der Waals surface area contributed by atoms with E-state index in [1.54, 1.807) is 12.3 Å². The summed E-state index contributed by atoms with van der Waals surface area (Å²) >= 11 is 6.62. The first-order chi connectivity index (χ1) is 6.16. The Morgan fingerprint density at radius 2 is 2.31 bits per heavy atom. The van der Waals surface area contributed by atoms with Crippen LogP contribution >= 0.6 is 31.9 Å². The van der Waals surface area contributed by atoms with Gasteiger partial charge in [-0.15, -0.1) is 0 Å². The molecule has 0 saturated carbocycles. The number of aromatic nitrogens is 1. The standard InChI is InChI=1S/C8H7Br2N3/c9-7-5(6(12)1-3-11)2-4-13-8(7)10/h2,4,6H,1,12H2/t6-/m0/s1. The van der Waals surface area contributed by atoms with E-state index in [9.17, 15) is 0 Å². The van der Waals surface area contributed by atoms with E-state index in [4.69, 9.17) is 11.0 Å². The van der Waals surface area contributed by atoms with Gasteiger partial charge in [0, 0.05) is 12.2 Å². The summed E-state index contributed by atoms with van der Waals surface area (Å²) in [5.41, 5.74) is 6.67. The van der Waals surface area contributed by atoms with E-state index in [0.717, 1.165) is 10.0 Å². The third-order valence-electron chi connectivity index (χ3n) is 1.59. The molecular formula is C8H7Br2N3. The van der Waals surface area contributed by atoms with Crippen LogP contribution in [0.1, 0.15) is 18.0 Å². The molecule has 1 rings (SSSR count). The second kappa shape index (κ2) is 4.70. The highest BCUT2D eigenvalue weighted by atomic mass is 79.9. The number of hydrogen-bond donors (Lipinski definition) is 1. The molecule has 13 heavy (non-hydrogen) atoms. The van der Waals surface area contributed by atoms with Gasteiger partial charge >= 0.3 is 0 Å². The molecule has 68 valence electrons. The van der Waals surface area contributed by atoms with Gasteiger partial charge in [-0.3, -0.25) is 0 Å². The molecule has 1 heterocycles. The van der Waals surface area contributed by atoms with Crippen LogP contribution in [0.4, 0.5) is 0 Å². The quantitative estimate of drug-likeness (QED) is 0.854. The Labute approximate surface area is 93.2 Å². The minimum atomic E-state index is -0.265. The summed E-state index contributed by atoms with van der Waals surface area (Å²) < 4.78 is 1.52. The molecule has 0 saturated heterocycles. The Morgan fingerprint density at radius 3 is 2.92 bits per heavy atom. The van der Waals surface area contributed by atoms with Crippen LogP contribution in [0.5, 0.6) is 0 Å². The first-order valence-corrected chi connectivity index (χ1v) is 5.18. The first kappa shape index (κ1) is 10.6. The van der Waals surface area contributed by atoms with Crippen LogP contribution in [0.2, 0.25) is 0 Å². The fourth-order valence-electron chi connectivity index (χ4n) is 0.927. The van der Waals surface area contributed by atoms with E-state index < -0.39 is 0 Å². The third-order valence-corrected chi connectivity index (χ3v) is 3.55. The van der Waals surface area contributed by atoms with Crippen molar-refractivity contribution in [2.45, 2.75) is 12.5 Å². The van der Waals surface area contributed by atoms with E-state index >= 15 is 0 Å². The van der Waals surface area contributed by atoms with Gasteiger partial charge < -0.3 is 5.73 Å². The van der Waals surface area contributed by atoms with Gasteiger partial charge in [0.05, 0.1) is 17.0 Å². The van der Waals surface area contributed by atoms with Crippen LogP contribution in [-0.2, 0) is 0 Å². The molecule has 0 radical (unpaired) electrons. The SMILES string of the molecule is N#CC[C@H](N)c1ccnc(Br)c1Br. The van der Waals surface area contributed by atoms with Crippen molar-refractivity contribution < 1.29 is 0 Å². The summed E-state index contributed by atoms with van der Waals surface area (Å²) in [6.45, 7) is 0. The van der Waals surface area contributed by atoms with Crippen LogP contribution in [0, 0.1) is 11.3 Å². The predicted octanol–water partition coefficient (Wildman–Crippen LogP) is 2.52. The predicted molar refractivity (Wildman–Crippen MR) is 56.8 cm³/mol. The zero-order valence-electron chi connectivity index (χ0n) is 6.67. The number of nitrogens with zero attached hydrogens (tertiary/aromatic N) is 2. The highest BCUT2D eigenvalue weighted by molar-refractivity contribution is 9.13. The normalized spacial score (nSPS) is 12.2. The van der Waals surface area contributed by atoms with Gasteiger partial charge in [-0.05, 0) is 43.5 Å². The second-order valence-corrected chi connectivity index (χ2v) is 4.02. The lowest BCUT2D eigenvalue weighted by Gasteiger charge is -2.10. The van der Waals surface area contributed by atoms with Gasteiger partial charge in [-0.2, -0.15) is 5.26 Å². The maximum absolute atomic E-state index is 8.49. The average molecular weight is 305 g/mol. The summed E-state index contributed by atoms with van der Waals surface area (Å²) in [6, 6.07) is 3.57. The first-order valence-electron chi connectivity index (χ1n) is 3.59. The van der Waals surface area contributed by atoms with Gasteiger partial charge in [0.25, 0.3) is 0 Å². The van der Waals surface area contributed by atoms with Crippen molar-refractivity contribution in [3.05, 3.63) is 26.9 Å².